The van der Waals surface area contributed by atoms with E-state index >= 15 is 0 Å². The van der Waals surface area contributed by atoms with Gasteiger partial charge in [0.25, 0.3) is 5.91 Å². The Morgan fingerprint density at radius 2 is 1.71 bits per heavy atom. The Hall–Kier alpha value is -3.80. The molecule has 2 bridgehead atoms. The summed E-state index contributed by atoms with van der Waals surface area (Å²) in [5, 5.41) is 5.63. The summed E-state index contributed by atoms with van der Waals surface area (Å²) in [7, 11) is 0.415. The van der Waals surface area contributed by atoms with Gasteiger partial charge in [0.05, 0.1) is 12.1 Å². The van der Waals surface area contributed by atoms with E-state index in [-0.39, 0.29) is 18.0 Å². The number of amides is 2. The van der Waals surface area contributed by atoms with Crippen molar-refractivity contribution in [2.24, 2.45) is 5.92 Å². The molecule has 38 heavy (non-hydrogen) atoms. The lowest BCUT2D eigenvalue weighted by atomic mass is 9.73. The molecule has 2 amide bonds. The zero-order valence-electron chi connectivity index (χ0n) is 21.7. The van der Waals surface area contributed by atoms with Crippen LogP contribution in [0.15, 0.2) is 48.9 Å². The van der Waals surface area contributed by atoms with Gasteiger partial charge in [0.2, 0.25) is 5.91 Å². The predicted molar refractivity (Wildman–Crippen MR) is 137 cm³/mol. The molecular formula is C26H32BN5O6. The molecule has 2 saturated heterocycles. The molecule has 12 heteroatoms. The molecule has 2 aromatic rings. The first-order valence-electron chi connectivity index (χ1n) is 12.8. The third kappa shape index (κ3) is 6.55. The van der Waals surface area contributed by atoms with Gasteiger partial charge in [-0.2, -0.15) is 0 Å². The van der Waals surface area contributed by atoms with Crippen molar-refractivity contribution in [3.05, 3.63) is 60.2 Å². The van der Waals surface area contributed by atoms with Gasteiger partial charge in [-0.3, -0.25) is 29.1 Å². The summed E-state index contributed by atoms with van der Waals surface area (Å²) in [6.07, 6.45) is 5.72. The Balaban J connectivity index is 1.55. The molecule has 4 rings (SSSR count). The van der Waals surface area contributed by atoms with E-state index in [1.807, 2.05) is 44.2 Å². The zero-order chi connectivity index (χ0) is 27.2. The van der Waals surface area contributed by atoms with Crippen LogP contribution >= 0.6 is 0 Å². The minimum atomic E-state index is -1.29. The number of nitrogens with one attached hydrogen (secondary N) is 2. The van der Waals surface area contributed by atoms with Gasteiger partial charge in [0, 0.05) is 18.8 Å². The van der Waals surface area contributed by atoms with Gasteiger partial charge >= 0.3 is 19.1 Å². The van der Waals surface area contributed by atoms with Crippen LogP contribution < -0.4 is 10.6 Å². The summed E-state index contributed by atoms with van der Waals surface area (Å²) in [6, 6.07) is 7.19. The van der Waals surface area contributed by atoms with Crippen molar-refractivity contribution in [2.45, 2.75) is 63.6 Å². The van der Waals surface area contributed by atoms with Crippen LogP contribution in [0.4, 0.5) is 0 Å². The van der Waals surface area contributed by atoms with E-state index in [2.05, 4.69) is 20.6 Å². The smallest absolute Gasteiger partial charge is 0.497 e. The van der Waals surface area contributed by atoms with Crippen LogP contribution in [0.5, 0.6) is 0 Å². The summed E-state index contributed by atoms with van der Waals surface area (Å²) in [5.74, 6) is -2.79. The molecule has 0 saturated carbocycles. The maximum atomic E-state index is 13.6. The molecule has 0 unspecified atom stereocenters. The molecule has 2 aliphatic heterocycles. The van der Waals surface area contributed by atoms with Crippen molar-refractivity contribution in [3.63, 3.8) is 0 Å². The van der Waals surface area contributed by atoms with E-state index < -0.39 is 54.9 Å². The van der Waals surface area contributed by atoms with Crippen LogP contribution in [0.2, 0.25) is 0 Å². The molecule has 2 fully saturated rings. The van der Waals surface area contributed by atoms with Gasteiger partial charge in [0.15, 0.2) is 0 Å². The SMILES string of the molecule is CC(C)C[C@H](NC(=O)[C@H](Cc1ccccc1)NC(=O)c1cnccn1)B1OC(=O)[C@H]2CC[C@H](C(=O)O1)N2C. The average molecular weight is 521 g/mol. The number of fused-ring (bicyclic) bond motifs is 2. The summed E-state index contributed by atoms with van der Waals surface area (Å²) in [6.45, 7) is 3.89. The lowest BCUT2D eigenvalue weighted by Gasteiger charge is -2.32. The highest BCUT2D eigenvalue weighted by molar-refractivity contribution is 6.51. The van der Waals surface area contributed by atoms with Gasteiger partial charge in [-0.05, 0) is 37.8 Å². The minimum Gasteiger partial charge on any atom is -0.497 e. The van der Waals surface area contributed by atoms with Gasteiger partial charge in [0.1, 0.15) is 23.8 Å². The van der Waals surface area contributed by atoms with Crippen molar-refractivity contribution in [1.29, 1.82) is 0 Å². The molecule has 3 heterocycles. The second-order valence-electron chi connectivity index (χ2n) is 10.1. The van der Waals surface area contributed by atoms with E-state index in [9.17, 15) is 19.2 Å². The van der Waals surface area contributed by atoms with E-state index in [0.29, 0.717) is 19.3 Å². The molecule has 0 aliphatic carbocycles. The lowest BCUT2D eigenvalue weighted by molar-refractivity contribution is -0.151. The molecule has 4 atom stereocenters. The Kier molecular flexibility index (Phi) is 8.72. The highest BCUT2D eigenvalue weighted by Gasteiger charge is 2.49. The van der Waals surface area contributed by atoms with E-state index in [0.717, 1.165) is 5.56 Å². The summed E-state index contributed by atoms with van der Waals surface area (Å²) in [5.41, 5.74) is 0.899. The molecule has 2 N–H and O–H groups in total. The topological polar surface area (TPSA) is 140 Å². The van der Waals surface area contributed by atoms with Crippen LogP contribution in [0, 0.1) is 5.92 Å². The van der Waals surface area contributed by atoms with E-state index in [1.165, 1.54) is 18.6 Å². The fourth-order valence-electron chi connectivity index (χ4n) is 4.82. The number of carbonyl (C=O) groups is 4. The molecule has 1 aromatic carbocycles. The quantitative estimate of drug-likeness (QED) is 0.462. The molecule has 1 aromatic heterocycles. The number of nitrogens with zero attached hydrogens (tertiary/aromatic N) is 3. The Labute approximate surface area is 221 Å². The summed E-state index contributed by atoms with van der Waals surface area (Å²) < 4.78 is 11.3. The third-order valence-electron chi connectivity index (χ3n) is 6.79. The standard InChI is InChI=1S/C26H32BN5O6/c1-16(2)13-22(27-37-25(35)20-9-10-21(32(20)3)26(36)38-27)31-23(33)18(14-17-7-5-4-6-8-17)30-24(34)19-15-28-11-12-29-19/h4-8,11-12,15-16,18,20-22H,9-10,13-14H2,1-3H3,(H,30,34)(H,31,33)/t18-,20+,21+,22-/m0/s1. The fraction of sp³-hybridized carbons (Fsp3) is 0.462. The highest BCUT2D eigenvalue weighted by atomic mass is 16.6. The first-order valence-corrected chi connectivity index (χ1v) is 12.8. The molecule has 11 nitrogen and oxygen atoms in total. The third-order valence-corrected chi connectivity index (χ3v) is 6.79. The first-order chi connectivity index (χ1) is 18.2. The first kappa shape index (κ1) is 27.2. The number of hydrogen-bond donors (Lipinski definition) is 2. The van der Waals surface area contributed by atoms with Crippen LogP contribution in [0.25, 0.3) is 0 Å². The second kappa shape index (κ2) is 12.2. The van der Waals surface area contributed by atoms with Crippen molar-refractivity contribution in [1.82, 2.24) is 25.5 Å². The minimum absolute atomic E-state index is 0.0690. The Morgan fingerprint density at radius 1 is 1.05 bits per heavy atom. The van der Waals surface area contributed by atoms with Crippen LogP contribution in [-0.4, -0.2) is 76.9 Å². The molecule has 0 radical (unpaired) electrons. The van der Waals surface area contributed by atoms with Gasteiger partial charge in [-0.15, -0.1) is 0 Å². The van der Waals surface area contributed by atoms with Crippen molar-refractivity contribution < 1.29 is 28.5 Å². The van der Waals surface area contributed by atoms with E-state index in [4.69, 9.17) is 9.31 Å². The number of carbonyl (C=O) groups excluding carboxylic acids is 4. The van der Waals surface area contributed by atoms with Crippen LogP contribution in [0.3, 0.4) is 0 Å². The molecule has 0 spiro atoms. The normalized spacial score (nSPS) is 21.1. The average Bonchev–Trinajstić information content (AvgIpc) is 3.31. The predicted octanol–water partition coefficient (Wildman–Crippen LogP) is 0.939. The maximum absolute atomic E-state index is 13.6. The Morgan fingerprint density at radius 3 is 2.29 bits per heavy atom. The van der Waals surface area contributed by atoms with Crippen molar-refractivity contribution >= 4 is 30.9 Å². The van der Waals surface area contributed by atoms with Gasteiger partial charge in [-0.1, -0.05) is 44.2 Å². The number of likely N-dealkylation sites (N-methyl/N-ethyl adjacent to an activating group) is 1. The Bertz CT molecular complexity index is 1130. The van der Waals surface area contributed by atoms with Gasteiger partial charge < -0.3 is 19.9 Å². The molecular weight excluding hydrogens is 489 g/mol. The number of hydrogen-bond acceptors (Lipinski definition) is 9. The zero-order valence-corrected chi connectivity index (χ0v) is 21.7. The molecule has 200 valence electrons. The second-order valence-corrected chi connectivity index (χ2v) is 10.1. The van der Waals surface area contributed by atoms with Crippen molar-refractivity contribution in [2.75, 3.05) is 7.05 Å². The number of benzene rings is 1. The molecule has 2 aliphatic rings. The number of rotatable bonds is 9. The van der Waals surface area contributed by atoms with E-state index in [1.54, 1.807) is 11.9 Å². The van der Waals surface area contributed by atoms with Crippen LogP contribution in [-0.2, 0) is 30.1 Å². The maximum Gasteiger partial charge on any atom is 0.622 e. The van der Waals surface area contributed by atoms with Crippen LogP contribution in [0.1, 0.15) is 49.2 Å². The summed E-state index contributed by atoms with van der Waals surface area (Å²) in [4.78, 5) is 61.8. The lowest BCUT2D eigenvalue weighted by Crippen LogP contribution is -2.59. The largest absolute Gasteiger partial charge is 0.622 e. The fourth-order valence-corrected chi connectivity index (χ4v) is 4.82. The summed E-state index contributed by atoms with van der Waals surface area (Å²) >= 11 is 0. The van der Waals surface area contributed by atoms with Gasteiger partial charge in [-0.25, -0.2) is 4.98 Å². The highest BCUT2D eigenvalue weighted by Crippen LogP contribution is 2.27. The monoisotopic (exact) mass is 521 g/mol. The van der Waals surface area contributed by atoms with Crippen molar-refractivity contribution in [3.8, 4) is 0 Å². The number of aromatic nitrogens is 2.